The van der Waals surface area contributed by atoms with Crippen LogP contribution in [0.1, 0.15) is 46.1 Å². The van der Waals surface area contributed by atoms with Gasteiger partial charge in [-0.3, -0.25) is 14.4 Å². The summed E-state index contributed by atoms with van der Waals surface area (Å²) in [6, 6.07) is 11.7. The molecule has 2 aliphatic heterocycles. The number of ether oxygens (including phenoxy) is 1. The minimum atomic E-state index is -0.849. The monoisotopic (exact) mass is 498 g/mol. The van der Waals surface area contributed by atoms with E-state index in [4.69, 9.17) is 11.2 Å². The fraction of sp³-hybridized carbons (Fsp3) is 0.345. The second kappa shape index (κ2) is 10.0. The summed E-state index contributed by atoms with van der Waals surface area (Å²) < 4.78 is 5.45. The van der Waals surface area contributed by atoms with Crippen molar-refractivity contribution in [1.29, 1.82) is 0 Å². The van der Waals surface area contributed by atoms with E-state index >= 15 is 0 Å². The molecule has 0 radical (unpaired) electrons. The lowest BCUT2D eigenvalue weighted by Gasteiger charge is -2.37. The van der Waals surface area contributed by atoms with Crippen molar-refractivity contribution in [3.8, 4) is 18.1 Å². The number of fused-ring (bicyclic) bond motifs is 2. The maximum atomic E-state index is 13.8. The predicted octanol–water partition coefficient (Wildman–Crippen LogP) is 2.87. The number of nitrogens with zero attached hydrogens (tertiary/aromatic N) is 1. The Kier molecular flexibility index (Phi) is 6.62. The Hall–Kier alpha value is -4.25. The number of hydrogen-bond donors (Lipinski definition) is 3. The quantitative estimate of drug-likeness (QED) is 0.455. The summed E-state index contributed by atoms with van der Waals surface area (Å²) in [5.74, 6) is 2.38. The molecule has 1 fully saturated rings. The van der Waals surface area contributed by atoms with Gasteiger partial charge in [0.25, 0.3) is 5.91 Å². The summed E-state index contributed by atoms with van der Waals surface area (Å²) in [4.78, 5) is 44.5. The van der Waals surface area contributed by atoms with Gasteiger partial charge in [-0.2, -0.15) is 0 Å². The zero-order valence-corrected chi connectivity index (χ0v) is 21.0. The zero-order valence-electron chi connectivity index (χ0n) is 21.0. The van der Waals surface area contributed by atoms with Gasteiger partial charge >= 0.3 is 0 Å². The van der Waals surface area contributed by atoms with Crippen LogP contribution in [0.15, 0.2) is 42.5 Å². The molecule has 1 unspecified atom stereocenters. The van der Waals surface area contributed by atoms with Gasteiger partial charge in [0.15, 0.2) is 0 Å². The predicted molar refractivity (Wildman–Crippen MR) is 140 cm³/mol. The van der Waals surface area contributed by atoms with Crippen LogP contribution in [-0.2, 0) is 16.0 Å². The van der Waals surface area contributed by atoms with Crippen molar-refractivity contribution >= 4 is 28.6 Å². The first-order valence-corrected chi connectivity index (χ1v) is 12.5. The number of rotatable bonds is 6. The molecule has 2 aliphatic rings. The molecule has 37 heavy (non-hydrogen) atoms. The Morgan fingerprint density at radius 1 is 1.27 bits per heavy atom. The fourth-order valence-electron chi connectivity index (χ4n) is 5.50. The van der Waals surface area contributed by atoms with Crippen LogP contribution in [0.25, 0.3) is 10.9 Å². The van der Waals surface area contributed by atoms with E-state index in [1.807, 2.05) is 43.3 Å². The van der Waals surface area contributed by atoms with Crippen LogP contribution in [0.4, 0.5) is 0 Å². The molecule has 8 heteroatoms. The summed E-state index contributed by atoms with van der Waals surface area (Å²) in [7, 11) is 1.59. The van der Waals surface area contributed by atoms with E-state index in [-0.39, 0.29) is 23.6 Å². The van der Waals surface area contributed by atoms with Crippen LogP contribution in [0.2, 0.25) is 0 Å². The van der Waals surface area contributed by atoms with Crippen LogP contribution in [0.5, 0.6) is 5.75 Å². The summed E-state index contributed by atoms with van der Waals surface area (Å²) in [6.45, 7) is 3.01. The number of nitrogens with one attached hydrogen (secondary N) is 3. The highest BCUT2D eigenvalue weighted by molar-refractivity contribution is 6.02. The smallest absolute Gasteiger partial charge is 0.271 e. The van der Waals surface area contributed by atoms with Gasteiger partial charge in [-0.15, -0.1) is 6.42 Å². The maximum Gasteiger partial charge on any atom is 0.271 e. The van der Waals surface area contributed by atoms with Gasteiger partial charge in [-0.05, 0) is 61.1 Å². The van der Waals surface area contributed by atoms with Crippen molar-refractivity contribution in [3.05, 3.63) is 64.8 Å². The SMILES string of the molecule is C#C[C@H](C[C@@H]1CCNC1=O)NC(=O)C1c2cccc(C)c2CCN1C(=O)c1cc2c(OC)cccc2[nH]1. The highest BCUT2D eigenvalue weighted by Gasteiger charge is 2.38. The Labute approximate surface area is 215 Å². The molecular weight excluding hydrogens is 468 g/mol. The highest BCUT2D eigenvalue weighted by atomic mass is 16.5. The van der Waals surface area contributed by atoms with Gasteiger partial charge in [-0.1, -0.05) is 30.2 Å². The Balaban J connectivity index is 1.47. The minimum Gasteiger partial charge on any atom is -0.496 e. The van der Waals surface area contributed by atoms with Gasteiger partial charge in [0.2, 0.25) is 11.8 Å². The molecule has 0 saturated carbocycles. The molecule has 1 saturated heterocycles. The van der Waals surface area contributed by atoms with Crippen molar-refractivity contribution in [2.45, 2.75) is 38.3 Å². The van der Waals surface area contributed by atoms with E-state index in [2.05, 4.69) is 21.5 Å². The fourth-order valence-corrected chi connectivity index (χ4v) is 5.50. The van der Waals surface area contributed by atoms with Crippen LogP contribution in [0, 0.1) is 25.2 Å². The second-order valence-corrected chi connectivity index (χ2v) is 9.64. The molecule has 3 aromatic rings. The first-order chi connectivity index (χ1) is 17.9. The Bertz CT molecular complexity index is 1420. The van der Waals surface area contributed by atoms with E-state index in [1.165, 1.54) is 0 Å². The molecule has 1 aromatic heterocycles. The third kappa shape index (κ3) is 4.53. The number of aromatic amines is 1. The molecule has 8 nitrogen and oxygen atoms in total. The average Bonchev–Trinajstić information content (AvgIpc) is 3.53. The number of H-pyrrole nitrogens is 1. The highest BCUT2D eigenvalue weighted by Crippen LogP contribution is 2.34. The number of aromatic nitrogens is 1. The van der Waals surface area contributed by atoms with Gasteiger partial charge in [0.1, 0.15) is 17.5 Å². The van der Waals surface area contributed by atoms with Gasteiger partial charge < -0.3 is 25.3 Å². The largest absolute Gasteiger partial charge is 0.496 e. The average molecular weight is 499 g/mol. The van der Waals surface area contributed by atoms with Gasteiger partial charge in [-0.25, -0.2) is 0 Å². The molecule has 5 rings (SSSR count). The van der Waals surface area contributed by atoms with Crippen LogP contribution in [0.3, 0.4) is 0 Å². The zero-order chi connectivity index (χ0) is 26.1. The van der Waals surface area contributed by atoms with Crippen LogP contribution in [-0.4, -0.2) is 53.8 Å². The third-order valence-corrected chi connectivity index (χ3v) is 7.44. The van der Waals surface area contributed by atoms with Crippen molar-refractivity contribution < 1.29 is 19.1 Å². The normalized spacial score (nSPS) is 19.6. The number of amides is 3. The first kappa shape index (κ1) is 24.4. The summed E-state index contributed by atoms with van der Waals surface area (Å²) in [6.07, 6.45) is 7.44. The topological polar surface area (TPSA) is 104 Å². The lowest BCUT2D eigenvalue weighted by atomic mass is 9.88. The van der Waals surface area contributed by atoms with Crippen molar-refractivity contribution in [1.82, 2.24) is 20.5 Å². The molecule has 0 aliphatic carbocycles. The number of benzene rings is 2. The molecule has 0 bridgehead atoms. The number of hydrogen-bond acceptors (Lipinski definition) is 4. The number of carbonyl (C=O) groups is 3. The Morgan fingerprint density at radius 3 is 2.81 bits per heavy atom. The summed E-state index contributed by atoms with van der Waals surface area (Å²) in [5, 5.41) is 6.55. The standard InChI is InChI=1S/C29H30N4O4/c1-4-19(15-18-11-13-30-27(18)34)31-28(35)26-21-8-5-7-17(2)20(21)12-14-33(26)29(36)24-16-22-23(32-24)9-6-10-25(22)37-3/h1,5-10,16,18-19,26,32H,11-15H2,2-3H3,(H,30,34)(H,31,35)/t18-,19+,26?/m0/s1. The lowest BCUT2D eigenvalue weighted by molar-refractivity contribution is -0.127. The van der Waals surface area contributed by atoms with E-state index in [1.54, 1.807) is 18.1 Å². The number of methoxy groups -OCH3 is 1. The molecule has 190 valence electrons. The molecule has 0 spiro atoms. The summed E-state index contributed by atoms with van der Waals surface area (Å²) in [5.41, 5.74) is 4.09. The van der Waals surface area contributed by atoms with E-state index in [9.17, 15) is 14.4 Å². The maximum absolute atomic E-state index is 13.8. The second-order valence-electron chi connectivity index (χ2n) is 9.64. The molecule has 3 N–H and O–H groups in total. The van der Waals surface area contributed by atoms with Gasteiger partial charge in [0, 0.05) is 29.9 Å². The Morgan fingerprint density at radius 2 is 2.08 bits per heavy atom. The van der Waals surface area contributed by atoms with Crippen molar-refractivity contribution in [2.75, 3.05) is 20.2 Å². The van der Waals surface area contributed by atoms with Crippen molar-refractivity contribution in [3.63, 3.8) is 0 Å². The van der Waals surface area contributed by atoms with Crippen LogP contribution < -0.4 is 15.4 Å². The third-order valence-electron chi connectivity index (χ3n) is 7.44. The molecule has 3 atom stereocenters. The first-order valence-electron chi connectivity index (χ1n) is 12.5. The number of aryl methyl sites for hydroxylation is 1. The van der Waals surface area contributed by atoms with Crippen molar-refractivity contribution in [2.24, 2.45) is 5.92 Å². The number of carbonyl (C=O) groups excluding carboxylic acids is 3. The van der Waals surface area contributed by atoms with E-state index < -0.39 is 12.1 Å². The number of terminal acetylenes is 1. The van der Waals surface area contributed by atoms with Crippen LogP contribution >= 0.6 is 0 Å². The molecule has 3 amide bonds. The molecule has 2 aromatic carbocycles. The lowest BCUT2D eigenvalue weighted by Crippen LogP contribution is -2.49. The molecular formula is C29H30N4O4. The van der Waals surface area contributed by atoms with Gasteiger partial charge in [0.05, 0.1) is 13.2 Å². The molecule has 3 heterocycles. The van der Waals surface area contributed by atoms with E-state index in [0.717, 1.165) is 27.6 Å². The van der Waals surface area contributed by atoms with E-state index in [0.29, 0.717) is 43.8 Å². The minimum absolute atomic E-state index is 0.0424. The summed E-state index contributed by atoms with van der Waals surface area (Å²) >= 11 is 0.